The number of carbonyl (C=O) groups excluding carboxylic acids is 1. The van der Waals surface area contributed by atoms with Gasteiger partial charge in [0.1, 0.15) is 11.1 Å². The summed E-state index contributed by atoms with van der Waals surface area (Å²) >= 11 is 0. The van der Waals surface area contributed by atoms with Gasteiger partial charge in [0.2, 0.25) is 0 Å². The molecule has 0 saturated carbocycles. The normalized spacial score (nSPS) is 18.2. The van der Waals surface area contributed by atoms with E-state index in [0.717, 1.165) is 24.2 Å². The fourth-order valence-corrected chi connectivity index (χ4v) is 2.94. The fourth-order valence-electron chi connectivity index (χ4n) is 2.94. The zero-order chi connectivity index (χ0) is 17.5. The highest BCUT2D eigenvalue weighted by Crippen LogP contribution is 2.26. The zero-order valence-corrected chi connectivity index (χ0v) is 14.4. The molecule has 1 amide bonds. The van der Waals surface area contributed by atoms with Crippen LogP contribution in [0.4, 0.5) is 10.5 Å². The molecule has 24 heavy (non-hydrogen) atoms. The molecular weight excluding hydrogens is 310 g/mol. The van der Waals surface area contributed by atoms with Gasteiger partial charge in [-0.1, -0.05) is 0 Å². The molecule has 1 atom stereocenters. The second kappa shape index (κ2) is 5.85. The van der Waals surface area contributed by atoms with Crippen molar-refractivity contribution in [3.05, 3.63) is 22.7 Å². The lowest BCUT2D eigenvalue weighted by atomic mass is 10.2. The van der Waals surface area contributed by atoms with Crippen LogP contribution >= 0.6 is 0 Å². The molecular formula is C16H23N5O3. The van der Waals surface area contributed by atoms with Gasteiger partial charge in [-0.3, -0.25) is 4.57 Å². The lowest BCUT2D eigenvalue weighted by molar-refractivity contribution is 0.0509. The maximum Gasteiger partial charge on any atom is 0.407 e. The molecule has 130 valence electrons. The summed E-state index contributed by atoms with van der Waals surface area (Å²) in [7, 11) is 1.69. The van der Waals surface area contributed by atoms with Gasteiger partial charge in [0.15, 0.2) is 5.65 Å². The molecule has 0 spiro atoms. The molecule has 8 heteroatoms. The van der Waals surface area contributed by atoms with Crippen LogP contribution in [-0.2, 0) is 11.8 Å². The van der Waals surface area contributed by atoms with E-state index in [1.165, 1.54) is 4.57 Å². The molecule has 0 bridgehead atoms. The van der Waals surface area contributed by atoms with Crippen LogP contribution in [0.2, 0.25) is 0 Å². The number of anilines is 1. The number of nitrogens with zero attached hydrogens (tertiary/aromatic N) is 3. The number of H-pyrrole nitrogens is 1. The minimum absolute atomic E-state index is 0.0125. The van der Waals surface area contributed by atoms with Gasteiger partial charge in [0.25, 0.3) is 0 Å². The standard InChI is InChI=1S/C16H23N5O3/c1-16(2,3)24-15(23)18-10-6-8-21(9-10)11-5-7-17-13-12(11)19-14(22)20(13)4/h5,7,10H,6,8-9H2,1-4H3,(H,18,23)(H,19,22)/t10-/m1/s1. The van der Waals surface area contributed by atoms with E-state index in [-0.39, 0.29) is 11.7 Å². The third kappa shape index (κ3) is 3.22. The highest BCUT2D eigenvalue weighted by Gasteiger charge is 2.27. The van der Waals surface area contributed by atoms with E-state index < -0.39 is 11.7 Å². The lowest BCUT2D eigenvalue weighted by Crippen LogP contribution is -2.40. The van der Waals surface area contributed by atoms with Crippen LogP contribution in [0.25, 0.3) is 11.2 Å². The third-order valence-electron chi connectivity index (χ3n) is 4.01. The van der Waals surface area contributed by atoms with E-state index in [9.17, 15) is 9.59 Å². The molecule has 8 nitrogen and oxygen atoms in total. The molecule has 2 N–H and O–H groups in total. The molecule has 0 radical (unpaired) electrons. The number of ether oxygens (including phenoxy) is 1. The Hall–Kier alpha value is -2.51. The van der Waals surface area contributed by atoms with Crippen molar-refractivity contribution in [3.8, 4) is 0 Å². The molecule has 0 unspecified atom stereocenters. The summed E-state index contributed by atoms with van der Waals surface area (Å²) in [5.74, 6) is 0. The van der Waals surface area contributed by atoms with Gasteiger partial charge in [0.05, 0.1) is 11.7 Å². The van der Waals surface area contributed by atoms with E-state index in [4.69, 9.17) is 4.74 Å². The second-order valence-electron chi connectivity index (χ2n) is 7.10. The number of rotatable bonds is 2. The molecule has 1 aliphatic heterocycles. The molecule has 3 rings (SSSR count). The third-order valence-corrected chi connectivity index (χ3v) is 4.01. The summed E-state index contributed by atoms with van der Waals surface area (Å²) in [4.78, 5) is 33.0. The summed E-state index contributed by atoms with van der Waals surface area (Å²) in [5.41, 5.74) is 1.58. The van der Waals surface area contributed by atoms with Crippen molar-refractivity contribution in [1.82, 2.24) is 19.9 Å². The second-order valence-corrected chi connectivity index (χ2v) is 7.10. The number of pyridine rings is 1. The van der Waals surface area contributed by atoms with Gasteiger partial charge < -0.3 is 19.9 Å². The van der Waals surface area contributed by atoms with Crippen LogP contribution < -0.4 is 15.9 Å². The minimum Gasteiger partial charge on any atom is -0.444 e. The zero-order valence-electron chi connectivity index (χ0n) is 14.4. The van der Waals surface area contributed by atoms with Crippen molar-refractivity contribution in [3.63, 3.8) is 0 Å². The number of imidazole rings is 1. The largest absolute Gasteiger partial charge is 0.444 e. The van der Waals surface area contributed by atoms with Crippen molar-refractivity contribution in [2.75, 3.05) is 18.0 Å². The average molecular weight is 333 g/mol. The Labute approximate surface area is 139 Å². The molecule has 1 aliphatic rings. The van der Waals surface area contributed by atoms with Crippen molar-refractivity contribution < 1.29 is 9.53 Å². The van der Waals surface area contributed by atoms with Gasteiger partial charge >= 0.3 is 11.8 Å². The van der Waals surface area contributed by atoms with Crippen molar-refractivity contribution >= 4 is 22.9 Å². The van der Waals surface area contributed by atoms with Crippen molar-refractivity contribution in [2.24, 2.45) is 7.05 Å². The van der Waals surface area contributed by atoms with E-state index in [0.29, 0.717) is 12.2 Å². The quantitative estimate of drug-likeness (QED) is 0.866. The highest BCUT2D eigenvalue weighted by molar-refractivity contribution is 5.86. The van der Waals surface area contributed by atoms with Crippen LogP contribution in [0.5, 0.6) is 0 Å². The number of hydrogen-bond acceptors (Lipinski definition) is 5. The highest BCUT2D eigenvalue weighted by atomic mass is 16.6. The molecule has 1 saturated heterocycles. The number of aryl methyl sites for hydroxylation is 1. The number of nitrogens with one attached hydrogen (secondary N) is 2. The maximum absolute atomic E-state index is 11.9. The number of hydrogen-bond donors (Lipinski definition) is 2. The van der Waals surface area contributed by atoms with Gasteiger partial charge in [0, 0.05) is 26.3 Å². The Morgan fingerprint density at radius 1 is 1.46 bits per heavy atom. The van der Waals surface area contributed by atoms with Gasteiger partial charge in [-0.15, -0.1) is 0 Å². The Morgan fingerprint density at radius 2 is 2.21 bits per heavy atom. The Balaban J connectivity index is 1.73. The van der Waals surface area contributed by atoms with E-state index in [1.54, 1.807) is 13.2 Å². The first-order valence-corrected chi connectivity index (χ1v) is 8.03. The van der Waals surface area contributed by atoms with Crippen LogP contribution in [-0.4, -0.2) is 45.4 Å². The number of carbonyl (C=O) groups is 1. The van der Waals surface area contributed by atoms with Crippen LogP contribution in [0.3, 0.4) is 0 Å². The first kappa shape index (κ1) is 16.4. The van der Waals surface area contributed by atoms with E-state index >= 15 is 0 Å². The number of amides is 1. The van der Waals surface area contributed by atoms with Gasteiger partial charge in [-0.2, -0.15) is 0 Å². The van der Waals surface area contributed by atoms with Crippen molar-refractivity contribution in [1.29, 1.82) is 0 Å². The summed E-state index contributed by atoms with van der Waals surface area (Å²) < 4.78 is 6.79. The van der Waals surface area contributed by atoms with Gasteiger partial charge in [-0.05, 0) is 33.3 Å². The number of alkyl carbamates (subject to hydrolysis) is 1. The molecule has 0 aromatic carbocycles. The number of fused-ring (bicyclic) bond motifs is 1. The van der Waals surface area contributed by atoms with Crippen LogP contribution in [0, 0.1) is 0 Å². The molecule has 1 fully saturated rings. The number of aromatic nitrogens is 3. The first-order valence-electron chi connectivity index (χ1n) is 8.03. The van der Waals surface area contributed by atoms with Crippen LogP contribution in [0.1, 0.15) is 27.2 Å². The van der Waals surface area contributed by atoms with Gasteiger partial charge in [-0.25, -0.2) is 14.6 Å². The van der Waals surface area contributed by atoms with E-state index in [1.807, 2.05) is 26.8 Å². The average Bonchev–Trinajstić information content (AvgIpc) is 3.03. The fraction of sp³-hybridized carbons (Fsp3) is 0.562. The predicted molar refractivity (Wildman–Crippen MR) is 91.3 cm³/mol. The number of aromatic amines is 1. The summed E-state index contributed by atoms with van der Waals surface area (Å²) in [5, 5.41) is 2.90. The Morgan fingerprint density at radius 3 is 2.92 bits per heavy atom. The summed E-state index contributed by atoms with van der Waals surface area (Å²) in [6.45, 7) is 6.97. The lowest BCUT2D eigenvalue weighted by Gasteiger charge is -2.22. The smallest absolute Gasteiger partial charge is 0.407 e. The molecule has 2 aromatic heterocycles. The first-order chi connectivity index (χ1) is 11.2. The monoisotopic (exact) mass is 333 g/mol. The SMILES string of the molecule is Cn1c(=O)[nH]c2c(N3CC[C@@H](NC(=O)OC(C)(C)C)C3)ccnc21. The minimum atomic E-state index is -0.511. The maximum atomic E-state index is 11.9. The van der Waals surface area contributed by atoms with Crippen LogP contribution in [0.15, 0.2) is 17.1 Å². The van der Waals surface area contributed by atoms with E-state index in [2.05, 4.69) is 20.2 Å². The topological polar surface area (TPSA) is 92.2 Å². The Kier molecular flexibility index (Phi) is 3.98. The van der Waals surface area contributed by atoms with Crippen molar-refractivity contribution in [2.45, 2.75) is 38.8 Å². The summed E-state index contributed by atoms with van der Waals surface area (Å²) in [6.07, 6.45) is 2.11. The molecule has 2 aromatic rings. The molecule has 0 aliphatic carbocycles. The summed E-state index contributed by atoms with van der Waals surface area (Å²) in [6, 6.07) is 1.90. The Bertz CT molecular complexity index is 817. The molecule has 3 heterocycles. The predicted octanol–water partition coefficient (Wildman–Crippen LogP) is 1.36.